The Bertz CT molecular complexity index is 637. The highest BCUT2D eigenvalue weighted by atomic mass is 19.1. The molecule has 5 heteroatoms. The summed E-state index contributed by atoms with van der Waals surface area (Å²) >= 11 is 0. The van der Waals surface area contributed by atoms with Gasteiger partial charge in [-0.3, -0.25) is 0 Å². The molecule has 106 valence electrons. The van der Waals surface area contributed by atoms with E-state index in [0.29, 0.717) is 23.0 Å². The van der Waals surface area contributed by atoms with Gasteiger partial charge in [0, 0.05) is 23.6 Å². The molecule has 3 nitrogen and oxygen atoms in total. The molecular formula is C15H17F2N3. The number of rotatable bonds is 3. The summed E-state index contributed by atoms with van der Waals surface area (Å²) in [5, 5.41) is 0. The van der Waals surface area contributed by atoms with E-state index < -0.39 is 11.6 Å². The Morgan fingerprint density at radius 3 is 2.30 bits per heavy atom. The van der Waals surface area contributed by atoms with Gasteiger partial charge in [-0.15, -0.1) is 0 Å². The highest BCUT2D eigenvalue weighted by molar-refractivity contribution is 5.71. The van der Waals surface area contributed by atoms with Gasteiger partial charge < -0.3 is 10.3 Å². The lowest BCUT2D eigenvalue weighted by atomic mass is 10.1. The highest BCUT2D eigenvalue weighted by Crippen LogP contribution is 2.43. The van der Waals surface area contributed by atoms with E-state index in [9.17, 15) is 8.78 Å². The van der Waals surface area contributed by atoms with Gasteiger partial charge in [0.1, 0.15) is 29.0 Å². The highest BCUT2D eigenvalue weighted by Gasteiger charge is 2.31. The van der Waals surface area contributed by atoms with Gasteiger partial charge in [0.25, 0.3) is 0 Å². The van der Waals surface area contributed by atoms with Crippen LogP contribution in [0.25, 0.3) is 11.3 Å². The van der Waals surface area contributed by atoms with Crippen LogP contribution in [-0.2, 0) is 0 Å². The van der Waals surface area contributed by atoms with Crippen molar-refractivity contribution in [3.8, 4) is 11.3 Å². The largest absolute Gasteiger partial charge is 0.383 e. The zero-order valence-corrected chi connectivity index (χ0v) is 11.5. The Morgan fingerprint density at radius 2 is 1.80 bits per heavy atom. The minimum absolute atomic E-state index is 0.172. The first-order valence-corrected chi connectivity index (χ1v) is 6.81. The second-order valence-corrected chi connectivity index (χ2v) is 5.60. The molecule has 20 heavy (non-hydrogen) atoms. The lowest BCUT2D eigenvalue weighted by molar-refractivity contribution is 0.576. The Kier molecular flexibility index (Phi) is 3.00. The summed E-state index contributed by atoms with van der Waals surface area (Å²) in [7, 11) is 0. The molecule has 2 aromatic rings. The van der Waals surface area contributed by atoms with E-state index in [0.717, 1.165) is 24.7 Å². The SMILES string of the molecule is CC(C)n1c(C2CC2)nc(-c2cc(F)cc(F)c2)c1N. The Hall–Kier alpha value is -1.91. The van der Waals surface area contributed by atoms with Crippen molar-refractivity contribution < 1.29 is 8.78 Å². The van der Waals surface area contributed by atoms with Crippen LogP contribution < -0.4 is 5.73 Å². The normalized spacial score (nSPS) is 15.1. The van der Waals surface area contributed by atoms with Gasteiger partial charge in [0.05, 0.1) is 0 Å². The summed E-state index contributed by atoms with van der Waals surface area (Å²) < 4.78 is 28.7. The Morgan fingerprint density at radius 1 is 1.20 bits per heavy atom. The predicted octanol–water partition coefficient (Wildman–Crippen LogP) is 3.87. The van der Waals surface area contributed by atoms with Crippen LogP contribution in [0.3, 0.4) is 0 Å². The monoisotopic (exact) mass is 277 g/mol. The lowest BCUT2D eigenvalue weighted by Crippen LogP contribution is -2.08. The molecule has 1 aliphatic rings. The van der Waals surface area contributed by atoms with Crippen molar-refractivity contribution in [2.24, 2.45) is 0 Å². The van der Waals surface area contributed by atoms with E-state index in [1.54, 1.807) is 0 Å². The van der Waals surface area contributed by atoms with E-state index in [2.05, 4.69) is 4.98 Å². The zero-order valence-electron chi connectivity index (χ0n) is 11.5. The topological polar surface area (TPSA) is 43.8 Å². The maximum absolute atomic E-state index is 13.4. The third-order valence-electron chi connectivity index (χ3n) is 3.57. The van der Waals surface area contributed by atoms with Gasteiger partial charge in [-0.2, -0.15) is 0 Å². The molecule has 1 saturated carbocycles. The van der Waals surface area contributed by atoms with Crippen molar-refractivity contribution in [3.05, 3.63) is 35.7 Å². The van der Waals surface area contributed by atoms with Gasteiger partial charge in [-0.1, -0.05) is 0 Å². The van der Waals surface area contributed by atoms with Crippen LogP contribution in [0.5, 0.6) is 0 Å². The van der Waals surface area contributed by atoms with Gasteiger partial charge >= 0.3 is 0 Å². The van der Waals surface area contributed by atoms with Crippen molar-refractivity contribution in [3.63, 3.8) is 0 Å². The molecule has 0 amide bonds. The number of hydrogen-bond acceptors (Lipinski definition) is 2. The molecule has 1 aromatic heterocycles. The standard InChI is InChI=1S/C15H17F2N3/c1-8(2)20-14(18)13(19-15(20)9-3-4-9)10-5-11(16)7-12(17)6-10/h5-9H,3-4,18H2,1-2H3. The molecule has 2 N–H and O–H groups in total. The fraction of sp³-hybridized carbons (Fsp3) is 0.400. The Labute approximate surface area is 116 Å². The number of aromatic nitrogens is 2. The minimum atomic E-state index is -0.619. The van der Waals surface area contributed by atoms with Gasteiger partial charge in [0.15, 0.2) is 0 Å². The van der Waals surface area contributed by atoms with Crippen LogP contribution in [-0.4, -0.2) is 9.55 Å². The van der Waals surface area contributed by atoms with Crippen molar-refractivity contribution in [2.45, 2.75) is 38.6 Å². The van der Waals surface area contributed by atoms with Gasteiger partial charge in [0.2, 0.25) is 0 Å². The first-order valence-electron chi connectivity index (χ1n) is 6.81. The van der Waals surface area contributed by atoms with Gasteiger partial charge in [-0.25, -0.2) is 13.8 Å². The molecule has 0 spiro atoms. The first kappa shape index (κ1) is 13.1. The molecule has 1 aromatic carbocycles. The van der Waals surface area contributed by atoms with E-state index in [1.807, 2.05) is 18.4 Å². The van der Waals surface area contributed by atoms with Crippen molar-refractivity contribution in [1.29, 1.82) is 0 Å². The van der Waals surface area contributed by atoms with E-state index >= 15 is 0 Å². The summed E-state index contributed by atoms with van der Waals surface area (Å²) in [5.41, 5.74) is 7.02. The molecule has 0 radical (unpaired) electrons. The molecule has 1 heterocycles. The van der Waals surface area contributed by atoms with Crippen LogP contribution in [0.2, 0.25) is 0 Å². The summed E-state index contributed by atoms with van der Waals surface area (Å²) in [6.07, 6.45) is 2.19. The van der Waals surface area contributed by atoms with Crippen LogP contribution in [0.1, 0.15) is 44.5 Å². The second-order valence-electron chi connectivity index (χ2n) is 5.60. The number of halogens is 2. The molecule has 0 saturated heterocycles. The zero-order chi connectivity index (χ0) is 14.4. The lowest BCUT2D eigenvalue weighted by Gasteiger charge is -2.13. The minimum Gasteiger partial charge on any atom is -0.383 e. The summed E-state index contributed by atoms with van der Waals surface area (Å²) in [6.45, 7) is 4.06. The average molecular weight is 277 g/mol. The third-order valence-corrected chi connectivity index (χ3v) is 3.57. The number of imidazole rings is 1. The fourth-order valence-electron chi connectivity index (χ4n) is 2.54. The molecule has 0 aliphatic heterocycles. The summed E-state index contributed by atoms with van der Waals surface area (Å²) in [5.74, 6) is 0.592. The van der Waals surface area contributed by atoms with Crippen molar-refractivity contribution in [2.75, 3.05) is 5.73 Å². The number of anilines is 1. The molecule has 0 bridgehead atoms. The Balaban J connectivity index is 2.16. The molecule has 0 unspecified atom stereocenters. The van der Waals surface area contributed by atoms with Crippen LogP contribution in [0.15, 0.2) is 18.2 Å². The number of nitrogens with zero attached hydrogens (tertiary/aromatic N) is 2. The summed E-state index contributed by atoms with van der Waals surface area (Å²) in [4.78, 5) is 4.55. The number of nitrogen functional groups attached to an aromatic ring is 1. The molecule has 3 rings (SSSR count). The van der Waals surface area contributed by atoms with E-state index in [1.165, 1.54) is 12.1 Å². The van der Waals surface area contributed by atoms with E-state index in [-0.39, 0.29) is 6.04 Å². The molecule has 0 atom stereocenters. The first-order chi connectivity index (χ1) is 9.47. The maximum atomic E-state index is 13.4. The molecule has 1 fully saturated rings. The van der Waals surface area contributed by atoms with Crippen LogP contribution >= 0.6 is 0 Å². The van der Waals surface area contributed by atoms with Crippen LogP contribution in [0, 0.1) is 11.6 Å². The third kappa shape index (κ3) is 2.17. The molecule has 1 aliphatic carbocycles. The number of benzene rings is 1. The smallest absolute Gasteiger partial charge is 0.131 e. The predicted molar refractivity (Wildman–Crippen MR) is 74.4 cm³/mol. The quantitative estimate of drug-likeness (QED) is 0.925. The van der Waals surface area contributed by atoms with Crippen LogP contribution in [0.4, 0.5) is 14.6 Å². The molecular weight excluding hydrogens is 260 g/mol. The second kappa shape index (κ2) is 4.58. The van der Waals surface area contributed by atoms with Crippen molar-refractivity contribution in [1.82, 2.24) is 9.55 Å². The average Bonchev–Trinajstić information content (AvgIpc) is 3.11. The fourth-order valence-corrected chi connectivity index (χ4v) is 2.54. The number of nitrogens with two attached hydrogens (primary N) is 1. The van der Waals surface area contributed by atoms with E-state index in [4.69, 9.17) is 5.73 Å². The maximum Gasteiger partial charge on any atom is 0.131 e. The summed E-state index contributed by atoms with van der Waals surface area (Å²) in [6, 6.07) is 3.55. The van der Waals surface area contributed by atoms with Crippen molar-refractivity contribution >= 4 is 5.82 Å². The number of hydrogen-bond donors (Lipinski definition) is 1. The van der Waals surface area contributed by atoms with Gasteiger partial charge in [-0.05, 0) is 38.8 Å².